The summed E-state index contributed by atoms with van der Waals surface area (Å²) in [6.45, 7) is 0.583. The highest BCUT2D eigenvalue weighted by molar-refractivity contribution is 5.94. The SMILES string of the molecule is O=C(O)c1cc(=O)c2cccc(NCc3ccccc3)c2[nH]1. The first-order valence-corrected chi connectivity index (χ1v) is 6.82. The van der Waals surface area contributed by atoms with E-state index in [1.165, 1.54) is 0 Å². The van der Waals surface area contributed by atoms with Crippen LogP contribution in [0.1, 0.15) is 16.1 Å². The number of aromatic amines is 1. The van der Waals surface area contributed by atoms with Crippen molar-refractivity contribution in [2.24, 2.45) is 0 Å². The molecule has 0 aliphatic rings. The van der Waals surface area contributed by atoms with Crippen molar-refractivity contribution in [1.29, 1.82) is 0 Å². The van der Waals surface area contributed by atoms with Gasteiger partial charge in [-0.3, -0.25) is 4.79 Å². The maximum absolute atomic E-state index is 12.0. The van der Waals surface area contributed by atoms with Crippen LogP contribution >= 0.6 is 0 Å². The van der Waals surface area contributed by atoms with Crippen LogP contribution in [-0.2, 0) is 6.54 Å². The number of aromatic nitrogens is 1. The van der Waals surface area contributed by atoms with E-state index < -0.39 is 5.97 Å². The van der Waals surface area contributed by atoms with Crippen LogP contribution in [0.3, 0.4) is 0 Å². The van der Waals surface area contributed by atoms with Gasteiger partial charge in [0.1, 0.15) is 5.69 Å². The van der Waals surface area contributed by atoms with Gasteiger partial charge in [0, 0.05) is 18.0 Å². The first-order chi connectivity index (χ1) is 10.6. The van der Waals surface area contributed by atoms with Crippen molar-refractivity contribution < 1.29 is 9.90 Å². The number of pyridine rings is 1. The van der Waals surface area contributed by atoms with Crippen LogP contribution in [0.4, 0.5) is 5.69 Å². The van der Waals surface area contributed by atoms with Crippen LogP contribution in [0, 0.1) is 0 Å². The first-order valence-electron chi connectivity index (χ1n) is 6.82. The van der Waals surface area contributed by atoms with Crippen LogP contribution in [0.15, 0.2) is 59.4 Å². The Morgan fingerprint density at radius 2 is 1.86 bits per heavy atom. The second-order valence-electron chi connectivity index (χ2n) is 4.92. The summed E-state index contributed by atoms with van der Waals surface area (Å²) >= 11 is 0. The number of carboxylic acids is 1. The third-order valence-electron chi connectivity index (χ3n) is 3.42. The summed E-state index contributed by atoms with van der Waals surface area (Å²) in [5.74, 6) is -1.16. The monoisotopic (exact) mass is 294 g/mol. The second kappa shape index (κ2) is 5.73. The maximum atomic E-state index is 12.0. The summed E-state index contributed by atoms with van der Waals surface area (Å²) in [6, 6.07) is 16.2. The minimum Gasteiger partial charge on any atom is -0.477 e. The summed E-state index contributed by atoms with van der Waals surface area (Å²) in [5, 5.41) is 12.8. The Balaban J connectivity index is 2.02. The molecule has 0 amide bonds. The average Bonchev–Trinajstić information content (AvgIpc) is 2.54. The van der Waals surface area contributed by atoms with Crippen LogP contribution in [-0.4, -0.2) is 16.1 Å². The summed E-state index contributed by atoms with van der Waals surface area (Å²) in [4.78, 5) is 25.9. The quantitative estimate of drug-likeness (QED) is 0.691. The largest absolute Gasteiger partial charge is 0.477 e. The molecule has 0 atom stereocenters. The topological polar surface area (TPSA) is 82.2 Å². The third kappa shape index (κ3) is 2.69. The van der Waals surface area contributed by atoms with Gasteiger partial charge in [-0.2, -0.15) is 0 Å². The van der Waals surface area contributed by atoms with E-state index in [2.05, 4.69) is 10.3 Å². The molecule has 0 fully saturated rings. The molecule has 0 aliphatic carbocycles. The number of carbonyl (C=O) groups is 1. The highest BCUT2D eigenvalue weighted by atomic mass is 16.4. The molecule has 3 aromatic rings. The van der Waals surface area contributed by atoms with E-state index in [1.807, 2.05) is 36.4 Å². The van der Waals surface area contributed by atoms with Crippen LogP contribution in [0.5, 0.6) is 0 Å². The number of anilines is 1. The normalized spacial score (nSPS) is 10.5. The Labute approximate surface area is 126 Å². The average molecular weight is 294 g/mol. The molecule has 3 rings (SSSR count). The van der Waals surface area contributed by atoms with Gasteiger partial charge in [0.15, 0.2) is 5.43 Å². The molecule has 110 valence electrons. The number of nitrogens with one attached hydrogen (secondary N) is 2. The number of H-pyrrole nitrogens is 1. The minimum atomic E-state index is -1.16. The Bertz CT molecular complexity index is 885. The molecule has 3 N–H and O–H groups in total. The fourth-order valence-electron chi connectivity index (χ4n) is 2.33. The number of benzene rings is 2. The molecule has 0 aliphatic heterocycles. The Morgan fingerprint density at radius 1 is 1.09 bits per heavy atom. The van der Waals surface area contributed by atoms with E-state index in [0.717, 1.165) is 11.6 Å². The molecule has 2 aromatic carbocycles. The molecule has 0 radical (unpaired) electrons. The molecule has 0 spiro atoms. The fraction of sp³-hybridized carbons (Fsp3) is 0.0588. The fourth-order valence-corrected chi connectivity index (χ4v) is 2.33. The predicted octanol–water partition coefficient (Wildman–Crippen LogP) is 2.84. The first kappa shape index (κ1) is 13.9. The highest BCUT2D eigenvalue weighted by Gasteiger charge is 2.10. The van der Waals surface area contributed by atoms with Gasteiger partial charge < -0.3 is 15.4 Å². The van der Waals surface area contributed by atoms with Gasteiger partial charge in [-0.1, -0.05) is 36.4 Å². The standard InChI is InChI=1S/C17H14N2O3/c20-15-9-14(17(21)22)19-16-12(15)7-4-8-13(16)18-10-11-5-2-1-3-6-11/h1-9,18H,10H2,(H,19,20)(H,21,22). The lowest BCUT2D eigenvalue weighted by molar-refractivity contribution is 0.0691. The lowest BCUT2D eigenvalue weighted by Crippen LogP contribution is -2.11. The van der Waals surface area contributed by atoms with Crippen LogP contribution in [0.2, 0.25) is 0 Å². The van der Waals surface area contributed by atoms with E-state index in [0.29, 0.717) is 23.1 Å². The molecule has 0 unspecified atom stereocenters. The molecule has 0 saturated heterocycles. The molecule has 1 aromatic heterocycles. The van der Waals surface area contributed by atoms with E-state index in [1.54, 1.807) is 12.1 Å². The van der Waals surface area contributed by atoms with Gasteiger partial charge in [0.2, 0.25) is 0 Å². The van der Waals surface area contributed by atoms with Gasteiger partial charge in [0.25, 0.3) is 0 Å². The molecule has 5 heteroatoms. The van der Waals surface area contributed by atoms with E-state index in [9.17, 15) is 9.59 Å². The van der Waals surface area contributed by atoms with Crippen LogP contribution in [0.25, 0.3) is 10.9 Å². The third-order valence-corrected chi connectivity index (χ3v) is 3.42. The molecule has 22 heavy (non-hydrogen) atoms. The van der Waals surface area contributed by atoms with E-state index in [-0.39, 0.29) is 11.1 Å². The summed E-state index contributed by atoms with van der Waals surface area (Å²) in [7, 11) is 0. The highest BCUT2D eigenvalue weighted by Crippen LogP contribution is 2.20. The van der Waals surface area contributed by atoms with Gasteiger partial charge in [-0.15, -0.1) is 0 Å². The summed E-state index contributed by atoms with van der Waals surface area (Å²) in [5.41, 5.74) is 1.86. The number of rotatable bonds is 4. The summed E-state index contributed by atoms with van der Waals surface area (Å²) in [6.07, 6.45) is 0. The van der Waals surface area contributed by atoms with Crippen molar-refractivity contribution in [2.75, 3.05) is 5.32 Å². The number of fused-ring (bicyclic) bond motifs is 1. The second-order valence-corrected chi connectivity index (χ2v) is 4.92. The maximum Gasteiger partial charge on any atom is 0.352 e. The van der Waals surface area contributed by atoms with Crippen molar-refractivity contribution in [3.05, 3.63) is 76.1 Å². The van der Waals surface area contributed by atoms with Crippen molar-refractivity contribution in [3.8, 4) is 0 Å². The predicted molar refractivity (Wildman–Crippen MR) is 85.3 cm³/mol. The minimum absolute atomic E-state index is 0.119. The van der Waals surface area contributed by atoms with Gasteiger partial charge >= 0.3 is 5.97 Å². The lowest BCUT2D eigenvalue weighted by atomic mass is 10.1. The van der Waals surface area contributed by atoms with E-state index in [4.69, 9.17) is 5.11 Å². The molecular weight excluding hydrogens is 280 g/mol. The van der Waals surface area contributed by atoms with Crippen molar-refractivity contribution >= 4 is 22.6 Å². The number of hydrogen-bond donors (Lipinski definition) is 3. The van der Waals surface area contributed by atoms with Crippen molar-refractivity contribution in [1.82, 2.24) is 4.98 Å². The van der Waals surface area contributed by atoms with Gasteiger partial charge in [-0.05, 0) is 17.7 Å². The molecule has 1 heterocycles. The van der Waals surface area contributed by atoms with Crippen molar-refractivity contribution in [2.45, 2.75) is 6.54 Å². The van der Waals surface area contributed by atoms with Crippen LogP contribution < -0.4 is 10.7 Å². The Hall–Kier alpha value is -3.08. The number of carboxylic acid groups (broad SMARTS) is 1. The molecule has 5 nitrogen and oxygen atoms in total. The summed E-state index contributed by atoms with van der Waals surface area (Å²) < 4.78 is 0. The Morgan fingerprint density at radius 3 is 2.59 bits per heavy atom. The zero-order valence-corrected chi connectivity index (χ0v) is 11.7. The molecular formula is C17H14N2O3. The number of aromatic carboxylic acids is 1. The van der Waals surface area contributed by atoms with Gasteiger partial charge in [0.05, 0.1) is 11.2 Å². The molecule has 0 bridgehead atoms. The zero-order chi connectivity index (χ0) is 15.5. The Kier molecular flexibility index (Phi) is 3.62. The zero-order valence-electron chi connectivity index (χ0n) is 11.7. The lowest BCUT2D eigenvalue weighted by Gasteiger charge is -2.10. The van der Waals surface area contributed by atoms with Crippen molar-refractivity contribution in [3.63, 3.8) is 0 Å². The van der Waals surface area contributed by atoms with E-state index >= 15 is 0 Å². The van der Waals surface area contributed by atoms with Gasteiger partial charge in [-0.25, -0.2) is 4.79 Å². The number of para-hydroxylation sites is 1. The smallest absolute Gasteiger partial charge is 0.352 e. The molecule has 0 saturated carbocycles. The number of hydrogen-bond acceptors (Lipinski definition) is 3.